The summed E-state index contributed by atoms with van der Waals surface area (Å²) in [5, 5.41) is 57.6. The van der Waals surface area contributed by atoms with Crippen molar-refractivity contribution in [3.8, 4) is 39.9 Å². The number of phenols is 5. The van der Waals surface area contributed by atoms with Gasteiger partial charge in [0.2, 0.25) is 0 Å². The third-order valence-electron chi connectivity index (χ3n) is 10.6. The van der Waals surface area contributed by atoms with Crippen molar-refractivity contribution in [3.63, 3.8) is 0 Å². The van der Waals surface area contributed by atoms with Gasteiger partial charge in [-0.05, 0) is 73.6 Å². The van der Waals surface area contributed by atoms with Crippen molar-refractivity contribution in [1.29, 1.82) is 0 Å². The highest BCUT2D eigenvalue weighted by Gasteiger charge is 2.29. The highest BCUT2D eigenvalue weighted by atomic mass is 16.3. The lowest BCUT2D eigenvalue weighted by Crippen LogP contribution is -2.13. The highest BCUT2D eigenvalue weighted by molar-refractivity contribution is 6.16. The predicted molar refractivity (Wildman–Crippen MR) is 180 cm³/mol. The topological polar surface area (TPSA) is 135 Å². The van der Waals surface area contributed by atoms with Crippen molar-refractivity contribution >= 4 is 33.1 Å². The van der Waals surface area contributed by atoms with Crippen molar-refractivity contribution in [2.75, 3.05) is 0 Å². The van der Waals surface area contributed by atoms with Crippen LogP contribution in [0.25, 0.3) is 32.7 Å². The maximum atomic E-state index is 13.7. The van der Waals surface area contributed by atoms with Crippen molar-refractivity contribution in [2.45, 2.75) is 97.8 Å². The van der Waals surface area contributed by atoms with E-state index < -0.39 is 11.5 Å². The van der Waals surface area contributed by atoms with Crippen LogP contribution in [0.5, 0.6) is 28.7 Å². The van der Waals surface area contributed by atoms with E-state index in [0.29, 0.717) is 50.4 Å². The molecule has 2 fully saturated rings. The SMILES string of the molecule is Cc1cc2c(O)c(-c3c(C)cc4c(C(=O)CC5CCCCC5)c(O)c(O)cc4c3O)c(C)cc2c(C(=O)CC2CCCCC2)c1O. The van der Waals surface area contributed by atoms with E-state index in [4.69, 9.17) is 0 Å². The number of ketones is 2. The summed E-state index contributed by atoms with van der Waals surface area (Å²) < 4.78 is 0. The maximum absolute atomic E-state index is 13.7. The molecule has 5 N–H and O–H groups in total. The van der Waals surface area contributed by atoms with Crippen LogP contribution in [0.1, 0.15) is 114 Å². The van der Waals surface area contributed by atoms with Gasteiger partial charge in [0.1, 0.15) is 17.2 Å². The lowest BCUT2D eigenvalue weighted by atomic mass is 9.82. The maximum Gasteiger partial charge on any atom is 0.169 e. The summed E-state index contributed by atoms with van der Waals surface area (Å²) in [5.41, 5.74) is 2.48. The van der Waals surface area contributed by atoms with E-state index in [1.165, 1.54) is 12.5 Å². The van der Waals surface area contributed by atoms with Gasteiger partial charge in [-0.25, -0.2) is 0 Å². The molecule has 2 aliphatic carbocycles. The standard InChI is InChI=1S/C39H44O7/c1-20-14-25-27(16-22(3)36(43)34(25)29(40)17-23-10-6-4-7-11-23)37(44)32(20)33-21(2)15-26-28(38(33)45)19-31(42)39(46)35(26)30(41)18-24-12-8-5-9-13-24/h14-16,19,23-24,42-46H,4-13,17-18H2,1-3H3. The van der Waals surface area contributed by atoms with Crippen molar-refractivity contribution in [1.82, 2.24) is 0 Å². The Morgan fingerprint density at radius 2 is 0.913 bits per heavy atom. The third-order valence-corrected chi connectivity index (χ3v) is 10.6. The molecule has 0 radical (unpaired) electrons. The molecule has 2 saturated carbocycles. The minimum Gasteiger partial charge on any atom is -0.507 e. The highest BCUT2D eigenvalue weighted by Crippen LogP contribution is 2.51. The fourth-order valence-electron chi connectivity index (χ4n) is 8.11. The van der Waals surface area contributed by atoms with Gasteiger partial charge in [0.15, 0.2) is 23.1 Å². The fraction of sp³-hybridized carbons (Fsp3) is 0.436. The smallest absolute Gasteiger partial charge is 0.169 e. The molecular weight excluding hydrogens is 580 g/mol. The average molecular weight is 625 g/mol. The van der Waals surface area contributed by atoms with Crippen LogP contribution in [0, 0.1) is 32.6 Å². The predicted octanol–water partition coefficient (Wildman–Crippen LogP) is 9.42. The molecule has 0 bridgehead atoms. The quantitative estimate of drug-likeness (QED) is 0.102. The molecule has 2 aliphatic rings. The van der Waals surface area contributed by atoms with Crippen LogP contribution in [0.15, 0.2) is 24.3 Å². The zero-order chi connectivity index (χ0) is 32.9. The molecule has 7 heteroatoms. The number of aryl methyl sites for hydroxylation is 3. The number of Topliss-reactive ketones (excluding diaryl/α,β-unsaturated/α-hetero) is 2. The van der Waals surface area contributed by atoms with E-state index >= 15 is 0 Å². The Hall–Kier alpha value is -4.26. The van der Waals surface area contributed by atoms with Gasteiger partial charge in [0.05, 0.1) is 11.1 Å². The van der Waals surface area contributed by atoms with Gasteiger partial charge in [0, 0.05) is 45.5 Å². The molecule has 46 heavy (non-hydrogen) atoms. The summed E-state index contributed by atoms with van der Waals surface area (Å²) in [5.74, 6) is -1.38. The summed E-state index contributed by atoms with van der Waals surface area (Å²) >= 11 is 0. The first-order valence-electron chi connectivity index (χ1n) is 16.7. The van der Waals surface area contributed by atoms with Crippen LogP contribution in [0.4, 0.5) is 0 Å². The summed E-state index contributed by atoms with van der Waals surface area (Å²) in [6.45, 7) is 5.24. The second-order valence-electron chi connectivity index (χ2n) is 13.8. The van der Waals surface area contributed by atoms with Gasteiger partial charge in [-0.2, -0.15) is 0 Å². The number of hydrogen-bond donors (Lipinski definition) is 5. The van der Waals surface area contributed by atoms with Gasteiger partial charge >= 0.3 is 0 Å². The van der Waals surface area contributed by atoms with Crippen LogP contribution < -0.4 is 0 Å². The van der Waals surface area contributed by atoms with E-state index in [2.05, 4.69) is 0 Å². The molecule has 0 aliphatic heterocycles. The van der Waals surface area contributed by atoms with Gasteiger partial charge in [-0.1, -0.05) is 64.2 Å². The Labute approximate surface area is 269 Å². The Bertz CT molecular complexity index is 1740. The molecule has 4 aromatic rings. The van der Waals surface area contributed by atoms with Crippen LogP contribution in [0.3, 0.4) is 0 Å². The van der Waals surface area contributed by atoms with Gasteiger partial charge in [-0.15, -0.1) is 0 Å². The number of hydrogen-bond acceptors (Lipinski definition) is 7. The molecule has 0 unspecified atom stereocenters. The average Bonchev–Trinajstić information content (AvgIpc) is 3.02. The Kier molecular flexibility index (Phi) is 8.62. The lowest BCUT2D eigenvalue weighted by Gasteiger charge is -2.23. The van der Waals surface area contributed by atoms with E-state index in [0.717, 1.165) is 57.8 Å². The molecule has 6 rings (SSSR count). The summed E-state index contributed by atoms with van der Waals surface area (Å²) in [6, 6.07) is 6.38. The minimum atomic E-state index is -0.503. The van der Waals surface area contributed by atoms with E-state index in [9.17, 15) is 35.1 Å². The first kappa shape index (κ1) is 31.7. The second-order valence-corrected chi connectivity index (χ2v) is 13.8. The number of fused-ring (bicyclic) bond motifs is 2. The molecule has 0 saturated heterocycles. The van der Waals surface area contributed by atoms with Crippen LogP contribution in [-0.4, -0.2) is 37.1 Å². The number of benzene rings is 4. The van der Waals surface area contributed by atoms with Crippen molar-refractivity contribution in [2.24, 2.45) is 11.8 Å². The minimum absolute atomic E-state index is 0.00259. The molecule has 0 amide bonds. The zero-order valence-corrected chi connectivity index (χ0v) is 27.0. The number of phenolic OH excluding ortho intramolecular Hbond substituents is 5. The molecule has 0 spiro atoms. The largest absolute Gasteiger partial charge is 0.507 e. The molecular formula is C39H44O7. The Balaban J connectivity index is 1.49. The monoisotopic (exact) mass is 624 g/mol. The van der Waals surface area contributed by atoms with E-state index in [1.54, 1.807) is 39.0 Å². The first-order valence-corrected chi connectivity index (χ1v) is 16.7. The summed E-state index contributed by atoms with van der Waals surface area (Å²) in [6.07, 6.45) is 11.2. The van der Waals surface area contributed by atoms with Crippen LogP contribution in [0.2, 0.25) is 0 Å². The van der Waals surface area contributed by atoms with E-state index in [-0.39, 0.29) is 63.6 Å². The Morgan fingerprint density at radius 1 is 0.522 bits per heavy atom. The zero-order valence-electron chi connectivity index (χ0n) is 27.0. The lowest BCUT2D eigenvalue weighted by molar-refractivity contribution is 0.0940. The first-order chi connectivity index (χ1) is 22.0. The number of aromatic hydroxyl groups is 5. The number of carbonyl (C=O) groups excluding carboxylic acids is 2. The second kappa shape index (κ2) is 12.5. The number of rotatable bonds is 7. The molecule has 0 heterocycles. The molecule has 0 atom stereocenters. The van der Waals surface area contributed by atoms with Crippen LogP contribution in [-0.2, 0) is 0 Å². The van der Waals surface area contributed by atoms with Crippen LogP contribution >= 0.6 is 0 Å². The molecule has 7 nitrogen and oxygen atoms in total. The Morgan fingerprint density at radius 3 is 1.37 bits per heavy atom. The summed E-state index contributed by atoms with van der Waals surface area (Å²) in [7, 11) is 0. The van der Waals surface area contributed by atoms with Crippen molar-refractivity contribution < 1.29 is 35.1 Å². The van der Waals surface area contributed by atoms with Gasteiger partial charge in [0.25, 0.3) is 0 Å². The van der Waals surface area contributed by atoms with E-state index in [1.807, 2.05) is 0 Å². The van der Waals surface area contributed by atoms with Crippen molar-refractivity contribution in [3.05, 3.63) is 52.1 Å². The summed E-state index contributed by atoms with van der Waals surface area (Å²) in [4.78, 5) is 27.2. The van der Waals surface area contributed by atoms with Gasteiger partial charge in [-0.3, -0.25) is 9.59 Å². The third kappa shape index (κ3) is 5.54. The molecule has 242 valence electrons. The normalized spacial score (nSPS) is 16.3. The van der Waals surface area contributed by atoms with Gasteiger partial charge < -0.3 is 25.5 Å². The fourth-order valence-corrected chi connectivity index (χ4v) is 8.11. The molecule has 4 aromatic carbocycles. The number of carbonyl (C=O) groups is 2. The molecule has 0 aromatic heterocycles.